The fourth-order valence-corrected chi connectivity index (χ4v) is 2.18. The second-order valence-corrected chi connectivity index (χ2v) is 4.40. The molecule has 1 N–H and O–H groups in total. The summed E-state index contributed by atoms with van der Waals surface area (Å²) in [4.78, 5) is 4.70. The van der Waals surface area contributed by atoms with Crippen LogP contribution in [-0.2, 0) is 18.5 Å². The van der Waals surface area contributed by atoms with Crippen molar-refractivity contribution in [3.05, 3.63) is 11.7 Å². The molecule has 0 amide bonds. The van der Waals surface area contributed by atoms with E-state index in [0.717, 1.165) is 10.9 Å². The Kier molecular flexibility index (Phi) is 6.60. The highest BCUT2D eigenvalue weighted by molar-refractivity contribution is 7.57. The molecule has 0 aliphatic carbocycles. The first kappa shape index (κ1) is 14.5. The van der Waals surface area contributed by atoms with Crippen molar-refractivity contribution in [2.45, 2.75) is 13.8 Å². The minimum absolute atomic E-state index is 0.234. The molecule has 90 valence electrons. The summed E-state index contributed by atoms with van der Waals surface area (Å²) < 4.78 is 21.8. The van der Waals surface area contributed by atoms with Gasteiger partial charge in [0.15, 0.2) is 0 Å². The van der Waals surface area contributed by atoms with Crippen molar-refractivity contribution in [3.8, 4) is 0 Å². The van der Waals surface area contributed by atoms with Crippen LogP contribution in [0.1, 0.15) is 13.8 Å². The highest BCUT2D eigenvalue weighted by atomic mass is 31.2. The van der Waals surface area contributed by atoms with Crippen LogP contribution in [0, 0.1) is 0 Å². The second kappa shape index (κ2) is 6.85. The average molecular weight is 239 g/mol. The van der Waals surface area contributed by atoms with Gasteiger partial charge in [-0.25, -0.2) is 5.06 Å². The maximum absolute atomic E-state index is 11.9. The van der Waals surface area contributed by atoms with Crippen molar-refractivity contribution in [1.29, 1.82) is 0 Å². The molecule has 0 heterocycles. The molecule has 15 heavy (non-hydrogen) atoms. The molecular weight excluding hydrogens is 221 g/mol. The molecule has 0 fully saturated rings. The molecule has 0 bridgehead atoms. The number of hydrogen-bond donors (Lipinski definition) is 1. The number of nitrogens with zero attached hydrogens (tertiary/aromatic N) is 1. The molecule has 0 saturated carbocycles. The van der Waals surface area contributed by atoms with E-state index in [9.17, 15) is 9.67 Å². The number of rotatable bonds is 7. The predicted octanol–water partition coefficient (Wildman–Crippen LogP) is 2.10. The van der Waals surface area contributed by atoms with Gasteiger partial charge in [0.25, 0.3) is 0 Å². The fourth-order valence-electron chi connectivity index (χ4n) is 0.788. The monoisotopic (exact) mass is 239 g/mol. The van der Waals surface area contributed by atoms with E-state index in [1.54, 1.807) is 13.8 Å². The zero-order valence-electron chi connectivity index (χ0n) is 9.47. The van der Waals surface area contributed by atoms with Crippen LogP contribution in [0.5, 0.6) is 0 Å². The molecule has 0 atom stereocenters. The summed E-state index contributed by atoms with van der Waals surface area (Å²) in [5.41, 5.74) is 0. The summed E-state index contributed by atoms with van der Waals surface area (Å²) in [6.45, 7) is 3.85. The normalized spacial score (nSPS) is 12.9. The maximum Gasteiger partial charge on any atom is 0.359 e. The number of aliphatic hydroxyl groups is 1. The Bertz CT molecular complexity index is 245. The molecule has 0 rings (SSSR count). The van der Waals surface area contributed by atoms with E-state index in [0.29, 0.717) is 0 Å². The highest BCUT2D eigenvalue weighted by Gasteiger charge is 2.22. The third-order valence-electron chi connectivity index (χ3n) is 1.49. The Morgan fingerprint density at radius 1 is 1.40 bits per heavy atom. The lowest BCUT2D eigenvalue weighted by Gasteiger charge is -2.17. The van der Waals surface area contributed by atoms with Gasteiger partial charge in [0.1, 0.15) is 0 Å². The van der Waals surface area contributed by atoms with E-state index in [1.165, 1.54) is 14.2 Å². The lowest BCUT2D eigenvalue weighted by Crippen LogP contribution is -2.15. The summed E-state index contributed by atoms with van der Waals surface area (Å²) in [5, 5.41) is 10.5. The summed E-state index contributed by atoms with van der Waals surface area (Å²) >= 11 is 0. The standard InChI is InChI=1S/C8H18NO5P/c1-5-13-15(11,14-6-2)7-8(10)9(3)12-4/h7,10H,5-6H2,1-4H3. The lowest BCUT2D eigenvalue weighted by molar-refractivity contribution is -0.109. The van der Waals surface area contributed by atoms with Crippen LogP contribution in [0.15, 0.2) is 11.7 Å². The molecule has 0 aromatic carbocycles. The first-order valence-corrected chi connectivity index (χ1v) is 6.18. The van der Waals surface area contributed by atoms with Crippen molar-refractivity contribution >= 4 is 7.60 Å². The fraction of sp³-hybridized carbons (Fsp3) is 0.750. The van der Waals surface area contributed by atoms with Crippen LogP contribution >= 0.6 is 7.60 Å². The molecule has 7 heteroatoms. The SMILES string of the molecule is CCOP(=O)(C=C(O)N(C)OC)OCC. The van der Waals surface area contributed by atoms with Gasteiger partial charge < -0.3 is 14.2 Å². The van der Waals surface area contributed by atoms with E-state index in [-0.39, 0.29) is 19.1 Å². The third-order valence-corrected chi connectivity index (χ3v) is 3.27. The first-order valence-electron chi connectivity index (χ1n) is 4.57. The first-order chi connectivity index (χ1) is 6.99. The van der Waals surface area contributed by atoms with Crippen LogP contribution in [0.4, 0.5) is 0 Å². The molecular formula is C8H18NO5P. The van der Waals surface area contributed by atoms with Crippen molar-refractivity contribution in [3.63, 3.8) is 0 Å². The number of hydroxylamine groups is 2. The Morgan fingerprint density at radius 2 is 1.87 bits per heavy atom. The Morgan fingerprint density at radius 3 is 2.20 bits per heavy atom. The van der Waals surface area contributed by atoms with E-state index >= 15 is 0 Å². The average Bonchev–Trinajstić information content (AvgIpc) is 2.16. The van der Waals surface area contributed by atoms with Gasteiger partial charge in [-0.3, -0.25) is 9.40 Å². The van der Waals surface area contributed by atoms with Crippen molar-refractivity contribution in [1.82, 2.24) is 5.06 Å². The predicted molar refractivity (Wildman–Crippen MR) is 56.3 cm³/mol. The van der Waals surface area contributed by atoms with Gasteiger partial charge in [0.05, 0.1) is 26.1 Å². The highest BCUT2D eigenvalue weighted by Crippen LogP contribution is 2.50. The van der Waals surface area contributed by atoms with E-state index < -0.39 is 7.60 Å². The molecule has 0 aromatic rings. The quantitative estimate of drug-likeness (QED) is 0.417. The van der Waals surface area contributed by atoms with Gasteiger partial charge in [-0.1, -0.05) is 0 Å². The maximum atomic E-state index is 11.9. The van der Waals surface area contributed by atoms with E-state index in [2.05, 4.69) is 0 Å². The topological polar surface area (TPSA) is 68.2 Å². The summed E-state index contributed by atoms with van der Waals surface area (Å²) in [5.74, 6) is 0.700. The minimum atomic E-state index is -3.38. The summed E-state index contributed by atoms with van der Waals surface area (Å²) in [7, 11) is -0.539. The molecule has 0 radical (unpaired) electrons. The van der Waals surface area contributed by atoms with Crippen LogP contribution in [-0.4, -0.2) is 37.5 Å². The van der Waals surface area contributed by atoms with E-state index in [1.807, 2.05) is 0 Å². The van der Waals surface area contributed by atoms with Gasteiger partial charge in [-0.15, -0.1) is 0 Å². The van der Waals surface area contributed by atoms with Crippen molar-refractivity contribution in [2.24, 2.45) is 0 Å². The third kappa shape index (κ3) is 5.18. The smallest absolute Gasteiger partial charge is 0.359 e. The van der Waals surface area contributed by atoms with Gasteiger partial charge in [-0.05, 0) is 13.8 Å². The van der Waals surface area contributed by atoms with Gasteiger partial charge in [0, 0.05) is 7.05 Å². The van der Waals surface area contributed by atoms with Crippen LogP contribution in [0.25, 0.3) is 0 Å². The Hall–Kier alpha value is -0.550. The van der Waals surface area contributed by atoms with Crippen LogP contribution < -0.4 is 0 Å². The molecule has 0 aromatic heterocycles. The largest absolute Gasteiger partial charge is 0.493 e. The molecule has 0 saturated heterocycles. The summed E-state index contributed by atoms with van der Waals surface area (Å²) in [6.07, 6.45) is 0. The number of aliphatic hydroxyl groups excluding tert-OH is 1. The minimum Gasteiger partial charge on any atom is -0.493 e. The molecule has 0 unspecified atom stereocenters. The Labute approximate surface area is 89.9 Å². The lowest BCUT2D eigenvalue weighted by atomic mass is 10.9. The number of hydrogen-bond acceptors (Lipinski definition) is 6. The summed E-state index contributed by atoms with van der Waals surface area (Å²) in [6, 6.07) is 0. The zero-order chi connectivity index (χ0) is 11.9. The van der Waals surface area contributed by atoms with Gasteiger partial charge in [-0.2, -0.15) is 0 Å². The Balaban J connectivity index is 4.71. The van der Waals surface area contributed by atoms with Crippen LogP contribution in [0.3, 0.4) is 0 Å². The van der Waals surface area contributed by atoms with Gasteiger partial charge in [0.2, 0.25) is 5.88 Å². The molecule has 0 spiro atoms. The second-order valence-electron chi connectivity index (χ2n) is 2.54. The van der Waals surface area contributed by atoms with Crippen molar-refractivity contribution in [2.75, 3.05) is 27.4 Å². The van der Waals surface area contributed by atoms with E-state index in [4.69, 9.17) is 13.9 Å². The molecule has 6 nitrogen and oxygen atoms in total. The zero-order valence-corrected chi connectivity index (χ0v) is 10.4. The van der Waals surface area contributed by atoms with Crippen LogP contribution in [0.2, 0.25) is 0 Å². The van der Waals surface area contributed by atoms with Crippen molar-refractivity contribution < 1.29 is 23.6 Å². The molecule has 0 aliphatic rings. The molecule has 0 aliphatic heterocycles. The van der Waals surface area contributed by atoms with Gasteiger partial charge >= 0.3 is 7.60 Å².